The van der Waals surface area contributed by atoms with Gasteiger partial charge in [-0.15, -0.1) is 11.3 Å². The summed E-state index contributed by atoms with van der Waals surface area (Å²) in [5, 5.41) is 0.898. The van der Waals surface area contributed by atoms with Crippen LogP contribution in [0.3, 0.4) is 0 Å². The number of piperazine rings is 1. The van der Waals surface area contributed by atoms with Gasteiger partial charge in [0.1, 0.15) is 5.58 Å². The normalized spacial score (nSPS) is 14.4. The highest BCUT2D eigenvalue weighted by molar-refractivity contribution is 7.14. The van der Waals surface area contributed by atoms with E-state index in [2.05, 4.69) is 0 Å². The zero-order valence-electron chi connectivity index (χ0n) is 16.2. The molecule has 0 atom stereocenters. The fraction of sp³-hybridized carbons (Fsp3) is 0.318. The Bertz CT molecular complexity index is 1030. The van der Waals surface area contributed by atoms with Crippen LogP contribution in [0.1, 0.15) is 37.9 Å². The van der Waals surface area contributed by atoms with Crippen LogP contribution in [-0.2, 0) is 4.79 Å². The van der Waals surface area contributed by atoms with Crippen LogP contribution in [-0.4, -0.2) is 53.6 Å². The van der Waals surface area contributed by atoms with Gasteiger partial charge in [0, 0.05) is 49.3 Å². The van der Waals surface area contributed by atoms with E-state index < -0.39 is 0 Å². The highest BCUT2D eigenvalue weighted by Gasteiger charge is 2.27. The molecule has 3 aromatic rings. The second kappa shape index (κ2) is 8.21. The van der Waals surface area contributed by atoms with Gasteiger partial charge in [-0.1, -0.05) is 18.2 Å². The summed E-state index contributed by atoms with van der Waals surface area (Å²) in [6.07, 6.45) is 0.421. The molecule has 6 nitrogen and oxygen atoms in total. The van der Waals surface area contributed by atoms with E-state index in [1.165, 1.54) is 11.3 Å². The first-order chi connectivity index (χ1) is 14.0. The third-order valence-electron chi connectivity index (χ3n) is 5.14. The highest BCUT2D eigenvalue weighted by atomic mass is 32.1. The van der Waals surface area contributed by atoms with Gasteiger partial charge in [-0.25, -0.2) is 0 Å². The number of aryl methyl sites for hydroxylation is 1. The van der Waals surface area contributed by atoms with E-state index in [1.807, 2.05) is 43.3 Å². The summed E-state index contributed by atoms with van der Waals surface area (Å²) in [7, 11) is 0. The van der Waals surface area contributed by atoms with E-state index in [-0.39, 0.29) is 30.4 Å². The number of para-hydroxylation sites is 1. The van der Waals surface area contributed by atoms with Crippen LogP contribution in [0.15, 0.2) is 46.9 Å². The van der Waals surface area contributed by atoms with Crippen LogP contribution in [0.2, 0.25) is 0 Å². The molecule has 29 heavy (non-hydrogen) atoms. The van der Waals surface area contributed by atoms with Gasteiger partial charge in [-0.3, -0.25) is 14.4 Å². The predicted molar refractivity (Wildman–Crippen MR) is 111 cm³/mol. The first-order valence-electron chi connectivity index (χ1n) is 9.66. The minimum absolute atomic E-state index is 0.00940. The fourth-order valence-corrected chi connectivity index (χ4v) is 4.32. The molecular weight excluding hydrogens is 388 g/mol. The summed E-state index contributed by atoms with van der Waals surface area (Å²) in [5.41, 5.74) is 0.690. The quantitative estimate of drug-likeness (QED) is 0.601. The van der Waals surface area contributed by atoms with Crippen molar-refractivity contribution < 1.29 is 18.8 Å². The molecular formula is C22H22N2O4S. The Morgan fingerprint density at radius 3 is 2.38 bits per heavy atom. The molecule has 0 N–H and O–H groups in total. The van der Waals surface area contributed by atoms with E-state index in [0.717, 1.165) is 10.3 Å². The molecule has 0 bridgehead atoms. The number of Topliss-reactive ketones (excluding diaryl/α,β-unsaturated/α-hetero) is 1. The van der Waals surface area contributed by atoms with Crippen molar-refractivity contribution in [1.82, 2.24) is 9.80 Å². The summed E-state index contributed by atoms with van der Waals surface area (Å²) in [4.78, 5) is 42.6. The number of thiophene rings is 1. The molecule has 1 saturated heterocycles. The number of fused-ring (bicyclic) bond motifs is 1. The molecule has 4 rings (SSSR count). The number of ketones is 1. The molecule has 0 aliphatic carbocycles. The standard InChI is InChI=1S/C22H22N2O4S/c1-15-6-8-20(29-15)17(25)7-9-21(26)23-10-12-24(13-11-23)22(27)19-14-16-4-2-3-5-18(16)28-19/h2-6,8,14H,7,9-13H2,1H3. The van der Waals surface area contributed by atoms with Crippen molar-refractivity contribution in [2.24, 2.45) is 0 Å². The van der Waals surface area contributed by atoms with Crippen LogP contribution in [0, 0.1) is 6.92 Å². The largest absolute Gasteiger partial charge is 0.451 e. The summed E-state index contributed by atoms with van der Waals surface area (Å²) < 4.78 is 5.66. The number of nitrogens with zero attached hydrogens (tertiary/aromatic N) is 2. The van der Waals surface area contributed by atoms with Gasteiger partial charge >= 0.3 is 0 Å². The molecule has 7 heteroatoms. The number of furan rings is 1. The first kappa shape index (κ1) is 19.4. The van der Waals surface area contributed by atoms with Crippen molar-refractivity contribution in [2.75, 3.05) is 26.2 Å². The number of carbonyl (C=O) groups excluding carboxylic acids is 3. The number of carbonyl (C=O) groups is 3. The molecule has 1 aliphatic heterocycles. The molecule has 1 fully saturated rings. The Morgan fingerprint density at radius 1 is 0.966 bits per heavy atom. The van der Waals surface area contributed by atoms with Crippen molar-refractivity contribution in [3.05, 3.63) is 58.0 Å². The number of hydrogen-bond acceptors (Lipinski definition) is 5. The van der Waals surface area contributed by atoms with Crippen LogP contribution in [0.5, 0.6) is 0 Å². The van der Waals surface area contributed by atoms with Crippen LogP contribution >= 0.6 is 11.3 Å². The van der Waals surface area contributed by atoms with Gasteiger partial charge in [0.2, 0.25) is 5.91 Å². The molecule has 1 aromatic carbocycles. The van der Waals surface area contributed by atoms with Crippen molar-refractivity contribution in [3.8, 4) is 0 Å². The topological polar surface area (TPSA) is 70.8 Å². The van der Waals surface area contributed by atoms with Crippen molar-refractivity contribution in [3.63, 3.8) is 0 Å². The number of hydrogen-bond donors (Lipinski definition) is 0. The van der Waals surface area contributed by atoms with E-state index in [1.54, 1.807) is 15.9 Å². The lowest BCUT2D eigenvalue weighted by Crippen LogP contribution is -2.50. The van der Waals surface area contributed by atoms with E-state index in [4.69, 9.17) is 4.42 Å². The van der Waals surface area contributed by atoms with Crippen molar-refractivity contribution in [1.29, 1.82) is 0 Å². The molecule has 150 valence electrons. The third kappa shape index (κ3) is 4.24. The lowest BCUT2D eigenvalue weighted by atomic mass is 10.1. The van der Waals surface area contributed by atoms with Crippen molar-refractivity contribution >= 4 is 39.9 Å². The zero-order valence-corrected chi connectivity index (χ0v) is 17.0. The summed E-state index contributed by atoms with van der Waals surface area (Å²) in [5.74, 6) is 0.136. The molecule has 2 aromatic heterocycles. The Labute approximate surface area is 172 Å². The maximum atomic E-state index is 12.7. The molecule has 0 unspecified atom stereocenters. The summed E-state index contributed by atoms with van der Waals surface area (Å²) in [6.45, 7) is 3.81. The molecule has 2 amide bonds. The third-order valence-corrected chi connectivity index (χ3v) is 6.18. The van der Waals surface area contributed by atoms with Gasteiger partial charge in [0.05, 0.1) is 4.88 Å². The zero-order chi connectivity index (χ0) is 20.4. The lowest BCUT2D eigenvalue weighted by molar-refractivity contribution is -0.132. The maximum Gasteiger partial charge on any atom is 0.289 e. The van der Waals surface area contributed by atoms with Gasteiger partial charge in [0.15, 0.2) is 11.5 Å². The second-order valence-electron chi connectivity index (χ2n) is 7.15. The lowest BCUT2D eigenvalue weighted by Gasteiger charge is -2.34. The summed E-state index contributed by atoms with van der Waals surface area (Å²) >= 11 is 1.46. The number of rotatable bonds is 5. The van der Waals surface area contributed by atoms with Gasteiger partial charge in [0.25, 0.3) is 5.91 Å². The second-order valence-corrected chi connectivity index (χ2v) is 8.44. The van der Waals surface area contributed by atoms with Gasteiger partial charge < -0.3 is 14.2 Å². The SMILES string of the molecule is Cc1ccc(C(=O)CCC(=O)N2CCN(C(=O)c3cc4ccccc4o3)CC2)s1. The predicted octanol–water partition coefficient (Wildman–Crippen LogP) is 3.75. The maximum absolute atomic E-state index is 12.7. The van der Waals surface area contributed by atoms with Gasteiger partial charge in [-0.2, -0.15) is 0 Å². The minimum Gasteiger partial charge on any atom is -0.451 e. The molecule has 3 heterocycles. The summed E-state index contributed by atoms with van der Waals surface area (Å²) in [6, 6.07) is 13.0. The molecule has 0 spiro atoms. The Kier molecular flexibility index (Phi) is 5.49. The Morgan fingerprint density at radius 2 is 1.69 bits per heavy atom. The Balaban J connectivity index is 1.28. The van der Waals surface area contributed by atoms with E-state index in [9.17, 15) is 14.4 Å². The van der Waals surface area contributed by atoms with Gasteiger partial charge in [-0.05, 0) is 31.2 Å². The van der Waals surface area contributed by atoms with E-state index >= 15 is 0 Å². The van der Waals surface area contributed by atoms with Crippen LogP contribution in [0.4, 0.5) is 0 Å². The number of benzene rings is 1. The average Bonchev–Trinajstić information content (AvgIpc) is 3.37. The first-order valence-corrected chi connectivity index (χ1v) is 10.5. The Hall–Kier alpha value is -2.93. The number of amides is 2. The van der Waals surface area contributed by atoms with Crippen LogP contribution in [0.25, 0.3) is 11.0 Å². The highest BCUT2D eigenvalue weighted by Crippen LogP contribution is 2.21. The molecule has 1 aliphatic rings. The monoisotopic (exact) mass is 410 g/mol. The fourth-order valence-electron chi connectivity index (χ4n) is 3.49. The van der Waals surface area contributed by atoms with E-state index in [0.29, 0.717) is 42.4 Å². The average molecular weight is 410 g/mol. The molecule has 0 radical (unpaired) electrons. The van der Waals surface area contributed by atoms with Crippen LogP contribution < -0.4 is 0 Å². The molecule has 0 saturated carbocycles. The van der Waals surface area contributed by atoms with Crippen molar-refractivity contribution in [2.45, 2.75) is 19.8 Å². The minimum atomic E-state index is -0.156. The smallest absolute Gasteiger partial charge is 0.289 e.